The molecular weight excluding hydrogens is 176 g/mol. The molecule has 12 heavy (non-hydrogen) atoms. The van der Waals surface area contributed by atoms with E-state index in [1.54, 1.807) is 10.6 Å². The van der Waals surface area contributed by atoms with Crippen molar-refractivity contribution in [1.82, 2.24) is 14.4 Å². The molecule has 0 aliphatic carbocycles. The quantitative estimate of drug-likeness (QED) is 0.711. The molecule has 2 N–H and O–H groups in total. The van der Waals surface area contributed by atoms with Crippen molar-refractivity contribution in [3.63, 3.8) is 0 Å². The molecule has 62 valence electrons. The molecule has 0 fully saturated rings. The van der Waals surface area contributed by atoms with Crippen LogP contribution in [0.15, 0.2) is 18.5 Å². The monoisotopic (exact) mass is 182 g/mol. The highest BCUT2D eigenvalue weighted by molar-refractivity contribution is 6.30. The van der Waals surface area contributed by atoms with Crippen molar-refractivity contribution in [1.29, 1.82) is 0 Å². The van der Waals surface area contributed by atoms with Gasteiger partial charge in [0.05, 0.1) is 5.69 Å². The molecule has 0 aromatic carbocycles. The van der Waals surface area contributed by atoms with Crippen molar-refractivity contribution >= 4 is 17.4 Å². The third-order valence-electron chi connectivity index (χ3n) is 1.65. The highest BCUT2D eigenvalue weighted by atomic mass is 35.5. The zero-order chi connectivity index (χ0) is 8.55. The van der Waals surface area contributed by atoms with Crippen molar-refractivity contribution in [3.05, 3.63) is 29.3 Å². The van der Waals surface area contributed by atoms with E-state index in [4.69, 9.17) is 17.3 Å². The minimum absolute atomic E-state index is 0.367. The predicted octanol–water partition coefficient (Wildman–Crippen LogP) is 0.841. The number of hydrogen-bond acceptors (Lipinski definition) is 3. The van der Waals surface area contributed by atoms with Crippen LogP contribution in [0.4, 0.5) is 0 Å². The van der Waals surface area contributed by atoms with Crippen LogP contribution in [0.2, 0.25) is 5.15 Å². The van der Waals surface area contributed by atoms with Crippen molar-refractivity contribution < 1.29 is 0 Å². The summed E-state index contributed by atoms with van der Waals surface area (Å²) >= 11 is 5.82. The Hall–Kier alpha value is -1.13. The average Bonchev–Trinajstić information content (AvgIpc) is 2.40. The van der Waals surface area contributed by atoms with Crippen molar-refractivity contribution in [2.24, 2.45) is 5.73 Å². The Morgan fingerprint density at radius 2 is 2.42 bits per heavy atom. The number of fused-ring (bicyclic) bond motifs is 1. The molecule has 4 nitrogen and oxygen atoms in total. The lowest BCUT2D eigenvalue weighted by Crippen LogP contribution is -2.01. The van der Waals surface area contributed by atoms with Crippen molar-refractivity contribution in [3.8, 4) is 0 Å². The molecule has 2 aromatic rings. The zero-order valence-electron chi connectivity index (χ0n) is 6.24. The molecule has 0 atom stereocenters. The molecule has 2 rings (SSSR count). The van der Waals surface area contributed by atoms with E-state index in [0.29, 0.717) is 17.5 Å². The zero-order valence-corrected chi connectivity index (χ0v) is 6.99. The summed E-state index contributed by atoms with van der Waals surface area (Å²) in [6.45, 7) is 0.367. The Kier molecular flexibility index (Phi) is 1.71. The standard InChI is InChI=1S/C7H7ClN4/c8-6-5(4-9)12-3-1-2-10-7(12)11-6/h1-3H,4,9H2. The Labute approximate surface area is 74.0 Å². The Balaban J connectivity index is 2.81. The molecule has 0 bridgehead atoms. The van der Waals surface area contributed by atoms with Gasteiger partial charge in [-0.05, 0) is 6.07 Å². The molecular formula is C7H7ClN4. The van der Waals surface area contributed by atoms with Crippen LogP contribution >= 0.6 is 11.6 Å². The maximum absolute atomic E-state index is 5.82. The summed E-state index contributed by atoms with van der Waals surface area (Å²) in [4.78, 5) is 8.04. The third-order valence-corrected chi connectivity index (χ3v) is 1.95. The fraction of sp³-hybridized carbons (Fsp3) is 0.143. The van der Waals surface area contributed by atoms with Crippen LogP contribution < -0.4 is 5.73 Å². The highest BCUT2D eigenvalue weighted by Gasteiger charge is 2.07. The van der Waals surface area contributed by atoms with Gasteiger partial charge in [0, 0.05) is 18.9 Å². The molecule has 0 radical (unpaired) electrons. The van der Waals surface area contributed by atoms with E-state index in [9.17, 15) is 0 Å². The van der Waals surface area contributed by atoms with Gasteiger partial charge in [0.25, 0.3) is 0 Å². The van der Waals surface area contributed by atoms with Crippen molar-refractivity contribution in [2.45, 2.75) is 6.54 Å². The fourth-order valence-corrected chi connectivity index (χ4v) is 1.33. The Morgan fingerprint density at radius 3 is 3.17 bits per heavy atom. The van der Waals surface area contributed by atoms with Gasteiger partial charge < -0.3 is 5.73 Å². The third kappa shape index (κ3) is 0.964. The van der Waals surface area contributed by atoms with E-state index in [0.717, 1.165) is 5.69 Å². The van der Waals surface area contributed by atoms with Crippen LogP contribution in [0.1, 0.15) is 5.69 Å². The van der Waals surface area contributed by atoms with Crippen LogP contribution in [0, 0.1) is 0 Å². The molecule has 0 saturated carbocycles. The Bertz CT molecular complexity index is 409. The van der Waals surface area contributed by atoms with Gasteiger partial charge in [-0.2, -0.15) is 4.98 Å². The van der Waals surface area contributed by atoms with Crippen LogP contribution in [-0.2, 0) is 6.54 Å². The van der Waals surface area contributed by atoms with Gasteiger partial charge in [-0.1, -0.05) is 11.6 Å². The van der Waals surface area contributed by atoms with Gasteiger partial charge in [-0.15, -0.1) is 0 Å². The molecule has 0 amide bonds. The first-order valence-electron chi connectivity index (χ1n) is 3.50. The van der Waals surface area contributed by atoms with Crippen LogP contribution in [0.3, 0.4) is 0 Å². The first kappa shape index (κ1) is 7.52. The molecule has 2 heterocycles. The number of hydrogen-bond donors (Lipinski definition) is 1. The lowest BCUT2D eigenvalue weighted by atomic mass is 10.5. The molecule has 0 aliphatic heterocycles. The Morgan fingerprint density at radius 1 is 1.58 bits per heavy atom. The SMILES string of the molecule is NCc1c(Cl)nc2ncccn12. The fourth-order valence-electron chi connectivity index (χ4n) is 1.09. The van der Waals surface area contributed by atoms with Gasteiger partial charge >= 0.3 is 0 Å². The summed E-state index contributed by atoms with van der Waals surface area (Å²) in [7, 11) is 0. The summed E-state index contributed by atoms with van der Waals surface area (Å²) in [5.74, 6) is 0.586. The molecule has 0 spiro atoms. The summed E-state index contributed by atoms with van der Waals surface area (Å²) < 4.78 is 1.78. The van der Waals surface area contributed by atoms with Gasteiger partial charge in [-0.3, -0.25) is 4.40 Å². The summed E-state index contributed by atoms with van der Waals surface area (Å²) in [6.07, 6.45) is 3.50. The predicted molar refractivity (Wildman–Crippen MR) is 45.9 cm³/mol. The average molecular weight is 183 g/mol. The van der Waals surface area contributed by atoms with Gasteiger partial charge in [0.15, 0.2) is 5.15 Å². The smallest absolute Gasteiger partial charge is 0.235 e. The molecule has 0 aliphatic rings. The minimum Gasteiger partial charge on any atom is -0.325 e. The minimum atomic E-state index is 0.367. The van der Waals surface area contributed by atoms with Gasteiger partial charge in [0.1, 0.15) is 0 Å². The maximum atomic E-state index is 5.82. The van der Waals surface area contributed by atoms with E-state index in [1.807, 2.05) is 12.3 Å². The highest BCUT2D eigenvalue weighted by Crippen LogP contribution is 2.14. The molecule has 0 saturated heterocycles. The number of aromatic nitrogens is 3. The first-order valence-corrected chi connectivity index (χ1v) is 3.88. The number of rotatable bonds is 1. The van der Waals surface area contributed by atoms with Crippen LogP contribution in [0.25, 0.3) is 5.78 Å². The van der Waals surface area contributed by atoms with Gasteiger partial charge in [0.2, 0.25) is 5.78 Å². The van der Waals surface area contributed by atoms with E-state index >= 15 is 0 Å². The summed E-state index contributed by atoms with van der Waals surface area (Å²) in [5, 5.41) is 0.427. The number of imidazole rings is 1. The first-order chi connectivity index (χ1) is 5.83. The second-order valence-electron chi connectivity index (χ2n) is 2.34. The van der Waals surface area contributed by atoms with Crippen LogP contribution in [-0.4, -0.2) is 14.4 Å². The number of halogens is 1. The van der Waals surface area contributed by atoms with E-state index in [1.165, 1.54) is 0 Å². The summed E-state index contributed by atoms with van der Waals surface area (Å²) in [5.41, 5.74) is 6.28. The second-order valence-corrected chi connectivity index (χ2v) is 2.70. The molecule has 5 heteroatoms. The van der Waals surface area contributed by atoms with E-state index < -0.39 is 0 Å². The lowest BCUT2D eigenvalue weighted by molar-refractivity contribution is 0.947. The maximum Gasteiger partial charge on any atom is 0.235 e. The van der Waals surface area contributed by atoms with Crippen molar-refractivity contribution in [2.75, 3.05) is 0 Å². The second kappa shape index (κ2) is 2.73. The topological polar surface area (TPSA) is 56.2 Å². The summed E-state index contributed by atoms with van der Waals surface area (Å²) in [6, 6.07) is 1.81. The normalized spacial score (nSPS) is 10.8. The molecule has 2 aromatic heterocycles. The van der Waals surface area contributed by atoms with Crippen LogP contribution in [0.5, 0.6) is 0 Å². The lowest BCUT2D eigenvalue weighted by Gasteiger charge is -1.95. The van der Waals surface area contributed by atoms with Gasteiger partial charge in [-0.25, -0.2) is 4.98 Å². The number of nitrogens with zero attached hydrogens (tertiary/aromatic N) is 3. The van der Waals surface area contributed by atoms with E-state index in [2.05, 4.69) is 9.97 Å². The molecule has 0 unspecified atom stereocenters. The van der Waals surface area contributed by atoms with E-state index in [-0.39, 0.29) is 0 Å². The largest absolute Gasteiger partial charge is 0.325 e. The number of nitrogens with two attached hydrogens (primary N) is 1.